The number of terminal acetylenes is 1. The Morgan fingerprint density at radius 1 is 1.50 bits per heavy atom. The van der Waals surface area contributed by atoms with Crippen molar-refractivity contribution < 1.29 is 13.2 Å². The van der Waals surface area contributed by atoms with Gasteiger partial charge in [-0.2, -0.15) is 0 Å². The predicted molar refractivity (Wildman–Crippen MR) is 64.0 cm³/mol. The van der Waals surface area contributed by atoms with E-state index in [2.05, 4.69) is 10.8 Å². The number of sulfone groups is 1. The van der Waals surface area contributed by atoms with E-state index >= 15 is 0 Å². The Morgan fingerprint density at radius 3 is 2.75 bits per heavy atom. The molecule has 0 aromatic heterocycles. The SMILES string of the molecule is C#CCOCCN1CCS(=O)(=O)C(C)(C)C1. The minimum absolute atomic E-state index is 0.231. The summed E-state index contributed by atoms with van der Waals surface area (Å²) in [5.74, 6) is 2.63. The summed E-state index contributed by atoms with van der Waals surface area (Å²) in [4.78, 5) is 2.11. The molecule has 0 saturated carbocycles. The third kappa shape index (κ3) is 3.21. The first-order chi connectivity index (χ1) is 7.39. The molecule has 5 heteroatoms. The molecule has 1 aliphatic heterocycles. The minimum Gasteiger partial charge on any atom is -0.367 e. The van der Waals surface area contributed by atoms with Gasteiger partial charge in [-0.15, -0.1) is 6.42 Å². The van der Waals surface area contributed by atoms with Crippen LogP contribution in [0.3, 0.4) is 0 Å². The van der Waals surface area contributed by atoms with Gasteiger partial charge in [0.25, 0.3) is 0 Å². The highest BCUT2D eigenvalue weighted by Gasteiger charge is 2.39. The molecule has 0 aliphatic carbocycles. The van der Waals surface area contributed by atoms with Crippen molar-refractivity contribution in [3.8, 4) is 12.3 Å². The maximum Gasteiger partial charge on any atom is 0.157 e. The lowest BCUT2D eigenvalue weighted by Crippen LogP contribution is -2.53. The number of nitrogens with zero attached hydrogens (tertiary/aromatic N) is 1. The van der Waals surface area contributed by atoms with Crippen molar-refractivity contribution in [1.29, 1.82) is 0 Å². The second-order valence-corrected chi connectivity index (χ2v) is 7.35. The maximum atomic E-state index is 11.7. The Hall–Kier alpha value is -0.570. The highest BCUT2D eigenvalue weighted by atomic mass is 32.2. The Balaban J connectivity index is 2.42. The summed E-state index contributed by atoms with van der Waals surface area (Å²) in [6.45, 7) is 6.31. The molecule has 0 unspecified atom stereocenters. The molecule has 1 heterocycles. The van der Waals surface area contributed by atoms with Crippen LogP contribution in [0.25, 0.3) is 0 Å². The van der Waals surface area contributed by atoms with E-state index in [-0.39, 0.29) is 5.75 Å². The Bertz CT molecular complexity index is 367. The topological polar surface area (TPSA) is 46.6 Å². The van der Waals surface area contributed by atoms with E-state index < -0.39 is 14.6 Å². The zero-order valence-corrected chi connectivity index (χ0v) is 10.7. The monoisotopic (exact) mass is 245 g/mol. The van der Waals surface area contributed by atoms with Crippen LogP contribution in [0.1, 0.15) is 13.8 Å². The molecular formula is C11H19NO3S. The van der Waals surface area contributed by atoms with Gasteiger partial charge >= 0.3 is 0 Å². The molecule has 0 N–H and O–H groups in total. The molecule has 16 heavy (non-hydrogen) atoms. The molecule has 0 radical (unpaired) electrons. The van der Waals surface area contributed by atoms with Crippen LogP contribution >= 0.6 is 0 Å². The van der Waals surface area contributed by atoms with Crippen LogP contribution in [0.15, 0.2) is 0 Å². The number of rotatable bonds is 4. The van der Waals surface area contributed by atoms with Crippen LogP contribution in [0.2, 0.25) is 0 Å². The molecule has 0 spiro atoms. The smallest absolute Gasteiger partial charge is 0.157 e. The van der Waals surface area contributed by atoms with E-state index in [0.717, 1.165) is 6.54 Å². The molecule has 0 amide bonds. The normalized spacial score (nSPS) is 23.8. The van der Waals surface area contributed by atoms with Crippen molar-refractivity contribution in [3.63, 3.8) is 0 Å². The molecule has 1 saturated heterocycles. The van der Waals surface area contributed by atoms with Gasteiger partial charge in [0.2, 0.25) is 0 Å². The zero-order chi connectivity index (χ0) is 12.2. The fraction of sp³-hybridized carbons (Fsp3) is 0.818. The largest absolute Gasteiger partial charge is 0.367 e. The van der Waals surface area contributed by atoms with Crippen molar-refractivity contribution in [2.45, 2.75) is 18.6 Å². The molecule has 1 fully saturated rings. The Labute approximate surface area is 97.9 Å². The number of ether oxygens (including phenoxy) is 1. The van der Waals surface area contributed by atoms with Gasteiger partial charge in [-0.3, -0.25) is 4.90 Å². The van der Waals surface area contributed by atoms with Gasteiger partial charge in [0.1, 0.15) is 6.61 Å². The summed E-state index contributed by atoms with van der Waals surface area (Å²) in [7, 11) is -2.94. The van der Waals surface area contributed by atoms with E-state index in [0.29, 0.717) is 26.3 Å². The first-order valence-corrected chi connectivity index (χ1v) is 7.00. The first-order valence-electron chi connectivity index (χ1n) is 5.35. The van der Waals surface area contributed by atoms with Gasteiger partial charge in [-0.05, 0) is 13.8 Å². The van der Waals surface area contributed by atoms with Gasteiger partial charge in [-0.1, -0.05) is 5.92 Å². The maximum absolute atomic E-state index is 11.7. The fourth-order valence-corrected chi connectivity index (χ4v) is 3.19. The summed E-state index contributed by atoms with van der Waals surface area (Å²) < 4.78 is 28.0. The van der Waals surface area contributed by atoms with E-state index in [1.165, 1.54) is 0 Å². The number of hydrogen-bond donors (Lipinski definition) is 0. The van der Waals surface area contributed by atoms with E-state index in [4.69, 9.17) is 11.2 Å². The van der Waals surface area contributed by atoms with Crippen LogP contribution in [0.5, 0.6) is 0 Å². The highest BCUT2D eigenvalue weighted by molar-refractivity contribution is 7.92. The molecule has 92 valence electrons. The first kappa shape index (κ1) is 13.5. The van der Waals surface area contributed by atoms with E-state index in [1.54, 1.807) is 13.8 Å². The standard InChI is InChI=1S/C11H19NO3S/c1-4-7-15-8-5-12-6-9-16(13,14)11(2,3)10-12/h1H,5-10H2,2-3H3. The minimum atomic E-state index is -2.94. The van der Waals surface area contributed by atoms with Gasteiger partial charge in [0.05, 0.1) is 17.1 Å². The zero-order valence-electron chi connectivity index (χ0n) is 9.90. The lowest BCUT2D eigenvalue weighted by atomic mass is 10.2. The summed E-state index contributed by atoms with van der Waals surface area (Å²) in [5, 5.41) is 0. The third-order valence-corrected chi connectivity index (χ3v) is 5.39. The molecular weight excluding hydrogens is 226 g/mol. The number of hydrogen-bond acceptors (Lipinski definition) is 4. The van der Waals surface area contributed by atoms with Crippen LogP contribution in [-0.2, 0) is 14.6 Å². The van der Waals surface area contributed by atoms with Crippen LogP contribution in [-0.4, -0.2) is 56.7 Å². The molecule has 0 atom stereocenters. The van der Waals surface area contributed by atoms with E-state index in [9.17, 15) is 8.42 Å². The van der Waals surface area contributed by atoms with Crippen LogP contribution < -0.4 is 0 Å². The third-order valence-electron chi connectivity index (χ3n) is 2.86. The lowest BCUT2D eigenvalue weighted by Gasteiger charge is -2.37. The summed E-state index contributed by atoms with van der Waals surface area (Å²) in [6, 6.07) is 0. The van der Waals surface area contributed by atoms with Gasteiger partial charge in [-0.25, -0.2) is 8.42 Å². The van der Waals surface area contributed by atoms with Gasteiger partial charge < -0.3 is 4.74 Å². The van der Waals surface area contributed by atoms with Crippen molar-refractivity contribution in [2.24, 2.45) is 0 Å². The van der Waals surface area contributed by atoms with Crippen molar-refractivity contribution in [2.75, 3.05) is 38.6 Å². The predicted octanol–water partition coefficient (Wildman–Crippen LogP) is 0.145. The summed E-state index contributed by atoms with van der Waals surface area (Å²) >= 11 is 0. The van der Waals surface area contributed by atoms with Gasteiger partial charge in [0, 0.05) is 19.6 Å². The van der Waals surface area contributed by atoms with Crippen LogP contribution in [0.4, 0.5) is 0 Å². The van der Waals surface area contributed by atoms with Crippen molar-refractivity contribution in [3.05, 3.63) is 0 Å². The average Bonchev–Trinajstić information content (AvgIpc) is 2.18. The summed E-state index contributed by atoms with van der Waals surface area (Å²) in [6.07, 6.45) is 5.06. The average molecular weight is 245 g/mol. The van der Waals surface area contributed by atoms with Gasteiger partial charge in [0.15, 0.2) is 9.84 Å². The Kier molecular flexibility index (Phi) is 4.36. The van der Waals surface area contributed by atoms with Crippen molar-refractivity contribution >= 4 is 9.84 Å². The second kappa shape index (κ2) is 5.17. The highest BCUT2D eigenvalue weighted by Crippen LogP contribution is 2.23. The van der Waals surface area contributed by atoms with Crippen LogP contribution in [0, 0.1) is 12.3 Å². The van der Waals surface area contributed by atoms with E-state index in [1.807, 2.05) is 0 Å². The molecule has 4 nitrogen and oxygen atoms in total. The molecule has 0 aromatic carbocycles. The quantitative estimate of drug-likeness (QED) is 0.522. The summed E-state index contributed by atoms with van der Waals surface area (Å²) in [5.41, 5.74) is 0. The second-order valence-electron chi connectivity index (χ2n) is 4.61. The molecule has 1 rings (SSSR count). The van der Waals surface area contributed by atoms with Crippen molar-refractivity contribution in [1.82, 2.24) is 4.90 Å². The lowest BCUT2D eigenvalue weighted by molar-refractivity contribution is 0.123. The Morgan fingerprint density at radius 2 is 2.19 bits per heavy atom. The molecule has 1 aliphatic rings. The molecule has 0 aromatic rings. The fourth-order valence-electron chi connectivity index (χ4n) is 1.76. The molecule has 0 bridgehead atoms.